The fourth-order valence-corrected chi connectivity index (χ4v) is 0.820. The molecule has 0 aliphatic heterocycles. The molecule has 15 heavy (non-hydrogen) atoms. The number of esters is 1. The van der Waals surface area contributed by atoms with Crippen molar-refractivity contribution in [2.24, 2.45) is 5.92 Å². The second-order valence-electron chi connectivity index (χ2n) is 2.82. The summed E-state index contributed by atoms with van der Waals surface area (Å²) in [7, 11) is 0. The highest BCUT2D eigenvalue weighted by Gasteiger charge is 2.20. The zero-order valence-corrected chi connectivity index (χ0v) is 8.61. The van der Waals surface area contributed by atoms with Crippen LogP contribution in [0.25, 0.3) is 0 Å². The number of nitrogens with zero attached hydrogens (tertiary/aromatic N) is 1. The number of hydrogen-bond acceptors (Lipinski definition) is 5. The average Bonchev–Trinajstić information content (AvgIpc) is 2.15. The van der Waals surface area contributed by atoms with Crippen LogP contribution in [-0.2, 0) is 14.3 Å². The van der Waals surface area contributed by atoms with E-state index in [1.807, 2.05) is 0 Å². The molecular formula is C10H12N2O3. The van der Waals surface area contributed by atoms with Crippen molar-refractivity contribution in [2.45, 2.75) is 13.8 Å². The van der Waals surface area contributed by atoms with Crippen molar-refractivity contribution in [1.29, 1.82) is 10.7 Å². The van der Waals surface area contributed by atoms with E-state index in [0.29, 0.717) is 0 Å². The normalized spacial score (nSPS) is 11.8. The van der Waals surface area contributed by atoms with Crippen molar-refractivity contribution in [3.05, 3.63) is 12.2 Å². The number of carbonyl (C=O) groups is 2. The summed E-state index contributed by atoms with van der Waals surface area (Å²) in [6.45, 7) is 2.53. The van der Waals surface area contributed by atoms with Crippen LogP contribution < -0.4 is 0 Å². The lowest BCUT2D eigenvalue weighted by Crippen LogP contribution is -2.25. The lowest BCUT2D eigenvalue weighted by Gasteiger charge is -2.05. The average molecular weight is 208 g/mol. The Bertz CT molecular complexity index is 339. The summed E-state index contributed by atoms with van der Waals surface area (Å²) in [5.41, 5.74) is -0.0513. The Morgan fingerprint density at radius 1 is 1.60 bits per heavy atom. The SMILES string of the molecule is C/C=C/C(=O)OCC(=O)[C@H](C#N)C(C)=N. The molecule has 5 heteroatoms. The molecule has 0 aliphatic carbocycles. The van der Waals surface area contributed by atoms with Crippen molar-refractivity contribution in [1.82, 2.24) is 0 Å². The minimum Gasteiger partial charge on any atom is -0.454 e. The summed E-state index contributed by atoms with van der Waals surface area (Å²) in [5, 5.41) is 15.7. The first-order valence-corrected chi connectivity index (χ1v) is 4.29. The van der Waals surface area contributed by atoms with Crippen LogP contribution in [-0.4, -0.2) is 24.1 Å². The van der Waals surface area contributed by atoms with Gasteiger partial charge in [0, 0.05) is 11.8 Å². The number of allylic oxidation sites excluding steroid dienone is 1. The topological polar surface area (TPSA) is 91.0 Å². The first kappa shape index (κ1) is 13.0. The molecular weight excluding hydrogens is 196 g/mol. The summed E-state index contributed by atoms with van der Waals surface area (Å²) in [4.78, 5) is 22.1. The Morgan fingerprint density at radius 2 is 2.20 bits per heavy atom. The molecule has 0 aliphatic rings. The van der Waals surface area contributed by atoms with E-state index in [1.54, 1.807) is 13.0 Å². The lowest BCUT2D eigenvalue weighted by atomic mass is 10.0. The van der Waals surface area contributed by atoms with Crippen molar-refractivity contribution in [3.8, 4) is 6.07 Å². The molecule has 1 N–H and O–H groups in total. The first-order valence-electron chi connectivity index (χ1n) is 4.29. The predicted molar refractivity (Wildman–Crippen MR) is 53.3 cm³/mol. The number of nitrogens with one attached hydrogen (secondary N) is 1. The van der Waals surface area contributed by atoms with Gasteiger partial charge in [0.15, 0.2) is 12.4 Å². The highest BCUT2D eigenvalue weighted by molar-refractivity contribution is 6.06. The molecule has 0 saturated carbocycles. The molecule has 5 nitrogen and oxygen atoms in total. The third-order valence-electron chi connectivity index (χ3n) is 1.54. The van der Waals surface area contributed by atoms with E-state index in [0.717, 1.165) is 0 Å². The number of rotatable bonds is 5. The van der Waals surface area contributed by atoms with Crippen LogP contribution in [0.2, 0.25) is 0 Å². The van der Waals surface area contributed by atoms with Crippen LogP contribution in [0.4, 0.5) is 0 Å². The van der Waals surface area contributed by atoms with E-state index in [9.17, 15) is 9.59 Å². The van der Waals surface area contributed by atoms with Gasteiger partial charge in [0.05, 0.1) is 6.07 Å². The molecule has 0 fully saturated rings. The Hall–Kier alpha value is -1.96. The first-order chi connectivity index (χ1) is 7.02. The molecule has 0 heterocycles. The summed E-state index contributed by atoms with van der Waals surface area (Å²) in [6.07, 6.45) is 2.66. The molecule has 0 radical (unpaired) electrons. The van der Waals surface area contributed by atoms with Gasteiger partial charge >= 0.3 is 5.97 Å². The van der Waals surface area contributed by atoms with Gasteiger partial charge in [-0.1, -0.05) is 6.08 Å². The Kier molecular flexibility index (Phi) is 5.64. The molecule has 80 valence electrons. The van der Waals surface area contributed by atoms with Crippen LogP contribution in [0.3, 0.4) is 0 Å². The number of hydrogen-bond donors (Lipinski definition) is 1. The number of carbonyl (C=O) groups excluding carboxylic acids is 2. The van der Waals surface area contributed by atoms with E-state index in [2.05, 4.69) is 4.74 Å². The number of ketones is 1. The molecule has 0 bridgehead atoms. The Balaban J connectivity index is 4.21. The highest BCUT2D eigenvalue weighted by atomic mass is 16.5. The summed E-state index contributed by atoms with van der Waals surface area (Å²) in [5.74, 6) is -2.34. The maximum absolute atomic E-state index is 11.3. The van der Waals surface area contributed by atoms with Gasteiger partial charge in [0.2, 0.25) is 0 Å². The summed E-state index contributed by atoms with van der Waals surface area (Å²) in [6, 6.07) is 1.67. The van der Waals surface area contributed by atoms with E-state index in [-0.39, 0.29) is 5.71 Å². The maximum atomic E-state index is 11.3. The minimum absolute atomic E-state index is 0.0513. The Morgan fingerprint density at radius 3 is 2.60 bits per heavy atom. The number of Topliss-reactive ketones (excluding diaryl/α,β-unsaturated/α-hetero) is 1. The lowest BCUT2D eigenvalue weighted by molar-refractivity contribution is -0.143. The molecule has 0 aromatic carbocycles. The van der Waals surface area contributed by atoms with Gasteiger partial charge in [-0.25, -0.2) is 4.79 Å². The smallest absolute Gasteiger partial charge is 0.330 e. The highest BCUT2D eigenvalue weighted by Crippen LogP contribution is 1.99. The fourth-order valence-electron chi connectivity index (χ4n) is 0.820. The van der Waals surface area contributed by atoms with Gasteiger partial charge in [-0.2, -0.15) is 5.26 Å². The second kappa shape index (κ2) is 6.49. The summed E-state index contributed by atoms with van der Waals surface area (Å²) >= 11 is 0. The van der Waals surface area contributed by atoms with Gasteiger partial charge in [0.1, 0.15) is 5.92 Å². The van der Waals surface area contributed by atoms with E-state index >= 15 is 0 Å². The third kappa shape index (κ3) is 4.72. The van der Waals surface area contributed by atoms with Crippen molar-refractivity contribution < 1.29 is 14.3 Å². The molecule has 0 rings (SSSR count). The van der Waals surface area contributed by atoms with Crippen LogP contribution >= 0.6 is 0 Å². The van der Waals surface area contributed by atoms with Gasteiger partial charge in [-0.05, 0) is 13.8 Å². The minimum atomic E-state index is -1.12. The summed E-state index contributed by atoms with van der Waals surface area (Å²) < 4.78 is 4.55. The van der Waals surface area contributed by atoms with Crippen LogP contribution in [0.1, 0.15) is 13.8 Å². The molecule has 0 aromatic rings. The van der Waals surface area contributed by atoms with E-state index < -0.39 is 24.3 Å². The second-order valence-corrected chi connectivity index (χ2v) is 2.82. The van der Waals surface area contributed by atoms with Gasteiger partial charge in [-0.3, -0.25) is 4.79 Å². The van der Waals surface area contributed by atoms with Crippen molar-refractivity contribution in [2.75, 3.05) is 6.61 Å². The van der Waals surface area contributed by atoms with Crippen LogP contribution in [0, 0.1) is 22.7 Å². The zero-order chi connectivity index (χ0) is 11.8. The monoisotopic (exact) mass is 208 g/mol. The van der Waals surface area contributed by atoms with Crippen molar-refractivity contribution in [3.63, 3.8) is 0 Å². The third-order valence-corrected chi connectivity index (χ3v) is 1.54. The van der Waals surface area contributed by atoms with Gasteiger partial charge in [0.25, 0.3) is 0 Å². The van der Waals surface area contributed by atoms with E-state index in [4.69, 9.17) is 10.7 Å². The maximum Gasteiger partial charge on any atom is 0.330 e. The number of nitriles is 1. The standard InChI is InChI=1S/C10H12N2O3/c1-3-4-10(14)15-6-9(13)8(5-11)7(2)12/h3-4,8,12H,6H2,1-2H3/b4-3+,12-7?/t8-/m1/s1. The zero-order valence-electron chi connectivity index (χ0n) is 8.61. The molecule has 0 amide bonds. The largest absolute Gasteiger partial charge is 0.454 e. The van der Waals surface area contributed by atoms with Crippen LogP contribution in [0.5, 0.6) is 0 Å². The van der Waals surface area contributed by atoms with Gasteiger partial charge < -0.3 is 10.1 Å². The number of ether oxygens (including phenoxy) is 1. The predicted octanol–water partition coefficient (Wildman–Crippen LogP) is 0.854. The van der Waals surface area contributed by atoms with Gasteiger partial charge in [-0.15, -0.1) is 0 Å². The molecule has 0 saturated heterocycles. The molecule has 0 unspecified atom stereocenters. The van der Waals surface area contributed by atoms with Crippen LogP contribution in [0.15, 0.2) is 12.2 Å². The van der Waals surface area contributed by atoms with Crippen molar-refractivity contribution >= 4 is 17.5 Å². The Labute approximate surface area is 87.8 Å². The quantitative estimate of drug-likeness (QED) is 0.412. The fraction of sp³-hybridized carbons (Fsp3) is 0.400. The molecule has 0 spiro atoms. The van der Waals surface area contributed by atoms with E-state index in [1.165, 1.54) is 19.1 Å². The molecule has 1 atom stereocenters. The molecule has 0 aromatic heterocycles.